The molecule has 1 fully saturated rings. The molecule has 6 heteroatoms. The molecular weight excluding hydrogens is 328 g/mol. The van der Waals surface area contributed by atoms with Gasteiger partial charge in [0, 0.05) is 26.2 Å². The van der Waals surface area contributed by atoms with Gasteiger partial charge >= 0.3 is 0 Å². The molecule has 1 aromatic heterocycles. The lowest BCUT2D eigenvalue weighted by Gasteiger charge is -2.30. The number of carbonyl (C=O) groups is 1. The molecule has 1 aliphatic rings. The Kier molecular flexibility index (Phi) is 6.07. The topological polar surface area (TPSA) is 57.7 Å². The van der Waals surface area contributed by atoms with Crippen molar-refractivity contribution in [2.24, 2.45) is 0 Å². The lowest BCUT2D eigenvalue weighted by molar-refractivity contribution is 0.0767. The van der Waals surface area contributed by atoms with Crippen LogP contribution in [0.4, 0.5) is 17.1 Å². The highest BCUT2D eigenvalue weighted by Crippen LogP contribution is 2.29. The van der Waals surface area contributed by atoms with E-state index < -0.39 is 0 Å². The molecule has 0 atom stereocenters. The number of morpholine rings is 1. The molecule has 1 aromatic carbocycles. The summed E-state index contributed by atoms with van der Waals surface area (Å²) in [5.41, 5.74) is 3.51. The summed E-state index contributed by atoms with van der Waals surface area (Å²) in [6.45, 7) is 8.58. The quantitative estimate of drug-likeness (QED) is 0.864. The van der Waals surface area contributed by atoms with Crippen LogP contribution in [0.5, 0.6) is 0 Å². The Bertz CT molecular complexity index is 723. The summed E-state index contributed by atoms with van der Waals surface area (Å²) in [5.74, 6) is -0.0322. The molecule has 138 valence electrons. The third-order valence-electron chi connectivity index (χ3n) is 4.57. The second-order valence-electron chi connectivity index (χ2n) is 6.15. The van der Waals surface area contributed by atoms with Gasteiger partial charge in [0.15, 0.2) is 0 Å². The van der Waals surface area contributed by atoms with Gasteiger partial charge in [0.2, 0.25) is 0 Å². The number of nitrogens with one attached hydrogen (secondary N) is 1. The van der Waals surface area contributed by atoms with E-state index >= 15 is 0 Å². The number of aromatic nitrogens is 1. The molecule has 2 heterocycles. The van der Waals surface area contributed by atoms with Crippen LogP contribution in [0.2, 0.25) is 0 Å². The molecule has 0 bridgehead atoms. The first-order valence-corrected chi connectivity index (χ1v) is 9.17. The fourth-order valence-electron chi connectivity index (χ4n) is 3.08. The normalized spacial score (nSPS) is 14.2. The van der Waals surface area contributed by atoms with Crippen LogP contribution < -0.4 is 10.2 Å². The van der Waals surface area contributed by atoms with Crippen molar-refractivity contribution in [3.05, 3.63) is 48.3 Å². The van der Waals surface area contributed by atoms with E-state index in [0.717, 1.165) is 43.4 Å². The monoisotopic (exact) mass is 354 g/mol. The molecule has 1 N–H and O–H groups in total. The molecule has 0 unspecified atom stereocenters. The van der Waals surface area contributed by atoms with Crippen molar-refractivity contribution in [2.75, 3.05) is 49.6 Å². The molecule has 26 heavy (non-hydrogen) atoms. The van der Waals surface area contributed by atoms with E-state index in [2.05, 4.69) is 27.3 Å². The number of hydrogen-bond acceptors (Lipinski definition) is 5. The van der Waals surface area contributed by atoms with Crippen molar-refractivity contribution < 1.29 is 9.53 Å². The third kappa shape index (κ3) is 4.14. The summed E-state index contributed by atoms with van der Waals surface area (Å²) in [4.78, 5) is 20.8. The lowest BCUT2D eigenvalue weighted by atomic mass is 10.2. The summed E-state index contributed by atoms with van der Waals surface area (Å²) in [6, 6.07) is 11.9. The van der Waals surface area contributed by atoms with Crippen LogP contribution in [0.1, 0.15) is 24.3 Å². The highest BCUT2D eigenvalue weighted by molar-refractivity contribution is 5.92. The van der Waals surface area contributed by atoms with Gasteiger partial charge in [-0.05, 0) is 38.1 Å². The van der Waals surface area contributed by atoms with Crippen LogP contribution in [-0.4, -0.2) is 55.2 Å². The van der Waals surface area contributed by atoms with Crippen LogP contribution in [0.15, 0.2) is 42.6 Å². The van der Waals surface area contributed by atoms with E-state index in [0.29, 0.717) is 18.8 Å². The number of benzene rings is 1. The van der Waals surface area contributed by atoms with Gasteiger partial charge in [-0.3, -0.25) is 4.79 Å². The maximum Gasteiger partial charge on any atom is 0.272 e. The number of ether oxygens (including phenoxy) is 1. The summed E-state index contributed by atoms with van der Waals surface area (Å²) in [7, 11) is 0. The SMILES string of the molecule is CCN(CC)C(=O)c1ccc(Nc2ccccc2N2CCOCC2)cn1. The molecule has 2 aromatic rings. The number of para-hydroxylation sites is 2. The summed E-state index contributed by atoms with van der Waals surface area (Å²) < 4.78 is 5.44. The molecule has 0 saturated carbocycles. The van der Waals surface area contributed by atoms with Gasteiger partial charge in [-0.15, -0.1) is 0 Å². The van der Waals surface area contributed by atoms with Crippen LogP contribution in [0.3, 0.4) is 0 Å². The standard InChI is InChI=1S/C20H26N4O2/c1-3-23(4-2)20(25)18-10-9-16(15-21-18)22-17-7-5-6-8-19(17)24-11-13-26-14-12-24/h5-10,15,22H,3-4,11-14H2,1-2H3. The van der Waals surface area contributed by atoms with Gasteiger partial charge in [-0.1, -0.05) is 12.1 Å². The molecule has 3 rings (SSSR count). The van der Waals surface area contributed by atoms with Crippen LogP contribution >= 0.6 is 0 Å². The molecule has 1 amide bonds. The number of nitrogens with zero attached hydrogens (tertiary/aromatic N) is 3. The maximum absolute atomic E-state index is 12.4. The zero-order valence-corrected chi connectivity index (χ0v) is 15.4. The molecule has 0 radical (unpaired) electrons. The average molecular weight is 354 g/mol. The maximum atomic E-state index is 12.4. The predicted octanol–water partition coefficient (Wildman–Crippen LogP) is 3.14. The lowest BCUT2D eigenvalue weighted by Crippen LogP contribution is -2.36. The van der Waals surface area contributed by atoms with E-state index in [1.807, 2.05) is 32.0 Å². The second-order valence-corrected chi connectivity index (χ2v) is 6.15. The van der Waals surface area contributed by atoms with Crippen LogP contribution in [0.25, 0.3) is 0 Å². The van der Waals surface area contributed by atoms with E-state index in [-0.39, 0.29) is 5.91 Å². The van der Waals surface area contributed by atoms with Crippen molar-refractivity contribution in [2.45, 2.75) is 13.8 Å². The Morgan fingerprint density at radius 1 is 1.15 bits per heavy atom. The molecule has 6 nitrogen and oxygen atoms in total. The zero-order chi connectivity index (χ0) is 18.4. The minimum absolute atomic E-state index is 0.0322. The average Bonchev–Trinajstić information content (AvgIpc) is 2.70. The Morgan fingerprint density at radius 2 is 1.88 bits per heavy atom. The summed E-state index contributed by atoms with van der Waals surface area (Å²) in [6.07, 6.45) is 1.72. The van der Waals surface area contributed by atoms with Gasteiger partial charge in [0.1, 0.15) is 5.69 Å². The molecule has 0 aliphatic carbocycles. The Morgan fingerprint density at radius 3 is 2.54 bits per heavy atom. The first kappa shape index (κ1) is 18.2. The van der Waals surface area contributed by atoms with E-state index in [4.69, 9.17) is 4.74 Å². The van der Waals surface area contributed by atoms with Gasteiger partial charge < -0.3 is 19.9 Å². The highest BCUT2D eigenvalue weighted by Gasteiger charge is 2.16. The minimum Gasteiger partial charge on any atom is -0.378 e. The molecule has 1 saturated heterocycles. The first-order chi connectivity index (χ1) is 12.7. The van der Waals surface area contributed by atoms with Crippen molar-refractivity contribution >= 4 is 23.0 Å². The van der Waals surface area contributed by atoms with Crippen molar-refractivity contribution in [3.63, 3.8) is 0 Å². The zero-order valence-electron chi connectivity index (χ0n) is 15.4. The number of carbonyl (C=O) groups excluding carboxylic acids is 1. The number of rotatable bonds is 6. The highest BCUT2D eigenvalue weighted by atomic mass is 16.5. The predicted molar refractivity (Wildman–Crippen MR) is 104 cm³/mol. The smallest absolute Gasteiger partial charge is 0.272 e. The van der Waals surface area contributed by atoms with Gasteiger partial charge in [-0.25, -0.2) is 4.98 Å². The number of hydrogen-bond donors (Lipinski definition) is 1. The Hall–Kier alpha value is -2.60. The van der Waals surface area contributed by atoms with Gasteiger partial charge in [0.25, 0.3) is 5.91 Å². The van der Waals surface area contributed by atoms with Crippen LogP contribution in [0, 0.1) is 0 Å². The third-order valence-corrected chi connectivity index (χ3v) is 4.57. The fraction of sp³-hybridized carbons (Fsp3) is 0.400. The van der Waals surface area contributed by atoms with E-state index in [1.54, 1.807) is 17.2 Å². The number of amides is 1. The fourth-order valence-corrected chi connectivity index (χ4v) is 3.08. The van der Waals surface area contributed by atoms with E-state index in [9.17, 15) is 4.79 Å². The number of anilines is 3. The largest absolute Gasteiger partial charge is 0.378 e. The Labute approximate surface area is 154 Å². The summed E-state index contributed by atoms with van der Waals surface area (Å²) in [5, 5.41) is 3.42. The van der Waals surface area contributed by atoms with Crippen LogP contribution in [-0.2, 0) is 4.74 Å². The van der Waals surface area contributed by atoms with E-state index in [1.165, 1.54) is 0 Å². The Balaban J connectivity index is 1.74. The molecular formula is C20H26N4O2. The van der Waals surface area contributed by atoms with Crippen molar-refractivity contribution in [1.29, 1.82) is 0 Å². The number of pyridine rings is 1. The molecule has 0 spiro atoms. The second kappa shape index (κ2) is 8.67. The van der Waals surface area contributed by atoms with Crippen molar-refractivity contribution in [3.8, 4) is 0 Å². The summed E-state index contributed by atoms with van der Waals surface area (Å²) >= 11 is 0. The van der Waals surface area contributed by atoms with Gasteiger partial charge in [-0.2, -0.15) is 0 Å². The van der Waals surface area contributed by atoms with Gasteiger partial charge in [0.05, 0.1) is 36.5 Å². The minimum atomic E-state index is -0.0322. The van der Waals surface area contributed by atoms with Crippen molar-refractivity contribution in [1.82, 2.24) is 9.88 Å². The molecule has 1 aliphatic heterocycles. The first-order valence-electron chi connectivity index (χ1n) is 9.17.